The Kier molecular flexibility index (Phi) is 5.25. The van der Waals surface area contributed by atoms with Crippen molar-refractivity contribution in [1.29, 1.82) is 0 Å². The maximum Gasteiger partial charge on any atom is 0.336 e. The van der Waals surface area contributed by atoms with E-state index in [9.17, 15) is 14.4 Å². The number of carbonyl (C=O) groups excluding carboxylic acids is 2. The van der Waals surface area contributed by atoms with Gasteiger partial charge < -0.3 is 18.8 Å². The van der Waals surface area contributed by atoms with E-state index in [4.69, 9.17) is 13.9 Å². The molecule has 1 aromatic carbocycles. The highest BCUT2D eigenvalue weighted by Gasteiger charge is 2.31. The van der Waals surface area contributed by atoms with Gasteiger partial charge in [0, 0.05) is 30.6 Å². The summed E-state index contributed by atoms with van der Waals surface area (Å²) in [6.07, 6.45) is 1.32. The molecular formula is C19H21NO6. The molecule has 1 aliphatic rings. The summed E-state index contributed by atoms with van der Waals surface area (Å²) in [5.74, 6) is -0.310. The lowest BCUT2D eigenvalue weighted by molar-refractivity contribution is -0.145. The van der Waals surface area contributed by atoms with Gasteiger partial charge in [-0.3, -0.25) is 9.59 Å². The molecule has 0 aliphatic carbocycles. The maximum atomic E-state index is 12.3. The first-order valence-corrected chi connectivity index (χ1v) is 8.57. The lowest BCUT2D eigenvalue weighted by atomic mass is 10.1. The summed E-state index contributed by atoms with van der Waals surface area (Å²) in [5.41, 5.74) is 0.935. The summed E-state index contributed by atoms with van der Waals surface area (Å²) in [6.45, 7) is 2.68. The van der Waals surface area contributed by atoms with Crippen LogP contribution in [0, 0.1) is 5.92 Å². The number of amides is 1. The Bertz CT molecular complexity index is 887. The predicted octanol–water partition coefficient (Wildman–Crippen LogP) is 1.76. The van der Waals surface area contributed by atoms with Gasteiger partial charge in [-0.1, -0.05) is 6.92 Å². The third-order valence-electron chi connectivity index (χ3n) is 4.62. The monoisotopic (exact) mass is 359 g/mol. The van der Waals surface area contributed by atoms with E-state index in [-0.39, 0.29) is 24.4 Å². The van der Waals surface area contributed by atoms with Crippen molar-refractivity contribution in [2.45, 2.75) is 19.8 Å². The Morgan fingerprint density at radius 1 is 1.31 bits per heavy atom. The molecule has 0 radical (unpaired) electrons. The van der Waals surface area contributed by atoms with Crippen molar-refractivity contribution in [2.24, 2.45) is 5.92 Å². The normalized spacial score (nSPS) is 16.7. The van der Waals surface area contributed by atoms with Crippen molar-refractivity contribution in [3.8, 4) is 5.75 Å². The molecule has 1 amide bonds. The fourth-order valence-corrected chi connectivity index (χ4v) is 3.17. The number of esters is 1. The fraction of sp³-hybridized carbons (Fsp3) is 0.421. The Labute approximate surface area is 150 Å². The molecule has 0 spiro atoms. The topological polar surface area (TPSA) is 86.0 Å². The van der Waals surface area contributed by atoms with E-state index >= 15 is 0 Å². The second kappa shape index (κ2) is 7.59. The van der Waals surface area contributed by atoms with Gasteiger partial charge in [0.1, 0.15) is 11.3 Å². The van der Waals surface area contributed by atoms with E-state index in [1.165, 1.54) is 13.2 Å². The largest absolute Gasteiger partial charge is 0.484 e. The Hall–Kier alpha value is -2.83. The zero-order valence-electron chi connectivity index (χ0n) is 14.8. The highest BCUT2D eigenvalue weighted by Crippen LogP contribution is 2.23. The van der Waals surface area contributed by atoms with Crippen molar-refractivity contribution in [3.05, 3.63) is 40.2 Å². The first kappa shape index (κ1) is 18.0. The number of hydrogen-bond donors (Lipinski definition) is 0. The summed E-state index contributed by atoms with van der Waals surface area (Å²) in [6, 6.07) is 6.66. The van der Waals surface area contributed by atoms with Crippen LogP contribution in [-0.4, -0.2) is 43.6 Å². The van der Waals surface area contributed by atoms with Gasteiger partial charge in [-0.25, -0.2) is 4.79 Å². The van der Waals surface area contributed by atoms with E-state index in [1.807, 2.05) is 13.0 Å². The Balaban J connectivity index is 1.65. The van der Waals surface area contributed by atoms with Gasteiger partial charge in [-0.15, -0.1) is 0 Å². The van der Waals surface area contributed by atoms with Gasteiger partial charge >= 0.3 is 11.6 Å². The van der Waals surface area contributed by atoms with Crippen LogP contribution in [0.5, 0.6) is 5.75 Å². The summed E-state index contributed by atoms with van der Waals surface area (Å²) < 4.78 is 15.5. The quantitative estimate of drug-likeness (QED) is 0.597. The minimum atomic E-state index is -0.409. The van der Waals surface area contributed by atoms with Crippen molar-refractivity contribution in [2.75, 3.05) is 26.8 Å². The van der Waals surface area contributed by atoms with E-state index in [2.05, 4.69) is 0 Å². The molecule has 138 valence electrons. The number of carbonyl (C=O) groups is 2. The molecule has 2 aromatic rings. The first-order chi connectivity index (χ1) is 12.5. The smallest absolute Gasteiger partial charge is 0.336 e. The van der Waals surface area contributed by atoms with E-state index in [0.717, 1.165) is 17.4 Å². The number of benzene rings is 1. The van der Waals surface area contributed by atoms with Gasteiger partial charge in [-0.05, 0) is 30.5 Å². The van der Waals surface area contributed by atoms with E-state index < -0.39 is 5.63 Å². The van der Waals surface area contributed by atoms with Gasteiger partial charge in [0.15, 0.2) is 6.61 Å². The summed E-state index contributed by atoms with van der Waals surface area (Å²) in [5, 5.41) is 0.853. The molecule has 1 aromatic heterocycles. The van der Waals surface area contributed by atoms with Crippen LogP contribution >= 0.6 is 0 Å². The number of nitrogens with zero attached hydrogens (tertiary/aromatic N) is 1. The molecule has 1 fully saturated rings. The molecular weight excluding hydrogens is 338 g/mol. The van der Waals surface area contributed by atoms with Crippen LogP contribution in [0.1, 0.15) is 18.9 Å². The number of hydrogen-bond acceptors (Lipinski definition) is 6. The number of methoxy groups -OCH3 is 1. The Morgan fingerprint density at radius 2 is 2.12 bits per heavy atom. The number of rotatable bonds is 5. The van der Waals surface area contributed by atoms with Crippen LogP contribution in [0.15, 0.2) is 33.5 Å². The third kappa shape index (κ3) is 3.71. The second-order valence-electron chi connectivity index (χ2n) is 6.24. The van der Waals surface area contributed by atoms with Gasteiger partial charge in [-0.2, -0.15) is 0 Å². The molecule has 1 atom stereocenters. The molecule has 7 nitrogen and oxygen atoms in total. The number of ether oxygens (including phenoxy) is 2. The van der Waals surface area contributed by atoms with Crippen molar-refractivity contribution >= 4 is 22.8 Å². The molecule has 1 unspecified atom stereocenters. The minimum absolute atomic E-state index is 0.142. The van der Waals surface area contributed by atoms with Crippen LogP contribution in [0.25, 0.3) is 11.0 Å². The SMILES string of the molecule is CCc1cc(=O)oc2cc(OCC(=O)N3CCC(C(=O)OC)C3)ccc12. The molecule has 0 bridgehead atoms. The van der Waals surface area contributed by atoms with Crippen LogP contribution < -0.4 is 10.4 Å². The highest BCUT2D eigenvalue weighted by molar-refractivity contribution is 5.82. The molecule has 2 heterocycles. The molecule has 3 rings (SSSR count). The van der Waals surface area contributed by atoms with Gasteiger partial charge in [0.05, 0.1) is 13.0 Å². The van der Waals surface area contributed by atoms with Gasteiger partial charge in [0.25, 0.3) is 5.91 Å². The molecule has 26 heavy (non-hydrogen) atoms. The van der Waals surface area contributed by atoms with Crippen LogP contribution in [-0.2, 0) is 20.7 Å². The van der Waals surface area contributed by atoms with Crippen LogP contribution in [0.3, 0.4) is 0 Å². The lowest BCUT2D eigenvalue weighted by Gasteiger charge is -2.16. The van der Waals surface area contributed by atoms with Crippen molar-refractivity contribution in [1.82, 2.24) is 4.90 Å². The fourth-order valence-electron chi connectivity index (χ4n) is 3.17. The van der Waals surface area contributed by atoms with Crippen LogP contribution in [0.4, 0.5) is 0 Å². The van der Waals surface area contributed by atoms with Crippen molar-refractivity contribution in [3.63, 3.8) is 0 Å². The molecule has 1 aliphatic heterocycles. The lowest BCUT2D eigenvalue weighted by Crippen LogP contribution is -2.34. The van der Waals surface area contributed by atoms with Gasteiger partial charge in [0.2, 0.25) is 0 Å². The number of fused-ring (bicyclic) bond motifs is 1. The van der Waals surface area contributed by atoms with Crippen molar-refractivity contribution < 1.29 is 23.5 Å². The third-order valence-corrected chi connectivity index (χ3v) is 4.62. The first-order valence-electron chi connectivity index (χ1n) is 8.57. The molecule has 0 saturated carbocycles. The molecule has 7 heteroatoms. The standard InChI is InChI=1S/C19H21NO6/c1-3-12-8-18(22)26-16-9-14(4-5-15(12)16)25-11-17(21)20-7-6-13(10-20)19(23)24-2/h4-5,8-9,13H,3,6-7,10-11H2,1-2H3. The zero-order chi connectivity index (χ0) is 18.7. The average molecular weight is 359 g/mol. The average Bonchev–Trinajstić information content (AvgIpc) is 3.14. The maximum absolute atomic E-state index is 12.3. The zero-order valence-corrected chi connectivity index (χ0v) is 14.8. The minimum Gasteiger partial charge on any atom is -0.484 e. The molecule has 0 N–H and O–H groups in total. The predicted molar refractivity (Wildman–Crippen MR) is 94.1 cm³/mol. The summed E-state index contributed by atoms with van der Waals surface area (Å²) in [4.78, 5) is 37.0. The van der Waals surface area contributed by atoms with Crippen LogP contribution in [0.2, 0.25) is 0 Å². The molecule has 1 saturated heterocycles. The second-order valence-corrected chi connectivity index (χ2v) is 6.24. The Morgan fingerprint density at radius 3 is 2.85 bits per heavy atom. The summed E-state index contributed by atoms with van der Waals surface area (Å²) >= 11 is 0. The summed E-state index contributed by atoms with van der Waals surface area (Å²) in [7, 11) is 1.35. The number of likely N-dealkylation sites (tertiary alicyclic amines) is 1. The highest BCUT2D eigenvalue weighted by atomic mass is 16.5. The number of aryl methyl sites for hydroxylation is 1. The van der Waals surface area contributed by atoms with E-state index in [0.29, 0.717) is 30.8 Å². The van der Waals surface area contributed by atoms with E-state index in [1.54, 1.807) is 17.0 Å².